The topological polar surface area (TPSA) is 68.3 Å². The molecule has 2 amide bonds. The number of amides is 2. The standard InChI is InChI=1S/C21H30N2O5/c1-21(2,3)28-20(25)23-11-9-15(10-12-23)13-22(4)19(24)18-14-26-16-7-5-6-8-17(16)27-18/h5-8,15,18H,9-14H2,1-4H3. The summed E-state index contributed by atoms with van der Waals surface area (Å²) < 4.78 is 16.9. The molecular formula is C21H30N2O5. The molecule has 1 saturated heterocycles. The average molecular weight is 390 g/mol. The van der Waals surface area contributed by atoms with E-state index in [1.807, 2.05) is 39.0 Å². The molecule has 2 aliphatic heterocycles. The Morgan fingerprint density at radius 3 is 2.46 bits per heavy atom. The van der Waals surface area contributed by atoms with Gasteiger partial charge in [-0.3, -0.25) is 4.79 Å². The predicted molar refractivity (Wildman–Crippen MR) is 105 cm³/mol. The van der Waals surface area contributed by atoms with Crippen LogP contribution in [0.2, 0.25) is 0 Å². The maximum atomic E-state index is 12.7. The first-order valence-electron chi connectivity index (χ1n) is 9.84. The predicted octanol–water partition coefficient (Wildman–Crippen LogP) is 2.93. The number of ether oxygens (including phenoxy) is 3. The summed E-state index contributed by atoms with van der Waals surface area (Å²) in [7, 11) is 1.80. The van der Waals surface area contributed by atoms with Gasteiger partial charge in [0.05, 0.1) is 0 Å². The summed E-state index contributed by atoms with van der Waals surface area (Å²) >= 11 is 0. The van der Waals surface area contributed by atoms with Crippen molar-refractivity contribution in [2.75, 3.05) is 33.3 Å². The Bertz CT molecular complexity index is 707. The monoisotopic (exact) mass is 390 g/mol. The normalized spacial score (nSPS) is 19.9. The molecule has 28 heavy (non-hydrogen) atoms. The van der Waals surface area contributed by atoms with Crippen molar-refractivity contribution in [3.8, 4) is 11.5 Å². The van der Waals surface area contributed by atoms with Crippen LogP contribution in [0.25, 0.3) is 0 Å². The van der Waals surface area contributed by atoms with Gasteiger partial charge in [0.15, 0.2) is 11.5 Å². The second-order valence-electron chi connectivity index (χ2n) is 8.49. The first-order chi connectivity index (χ1) is 13.2. The van der Waals surface area contributed by atoms with Gasteiger partial charge in [0, 0.05) is 26.7 Å². The molecule has 0 N–H and O–H groups in total. The Balaban J connectivity index is 1.46. The lowest BCUT2D eigenvalue weighted by atomic mass is 9.96. The molecule has 2 aliphatic rings. The molecule has 2 heterocycles. The number of hydrogen-bond acceptors (Lipinski definition) is 5. The fraction of sp³-hybridized carbons (Fsp3) is 0.619. The van der Waals surface area contributed by atoms with E-state index in [1.54, 1.807) is 22.9 Å². The number of fused-ring (bicyclic) bond motifs is 1. The van der Waals surface area contributed by atoms with Crippen LogP contribution in [-0.4, -0.2) is 66.8 Å². The summed E-state index contributed by atoms with van der Waals surface area (Å²) in [5.74, 6) is 1.54. The third-order valence-electron chi connectivity index (χ3n) is 4.96. The fourth-order valence-electron chi connectivity index (χ4n) is 3.49. The summed E-state index contributed by atoms with van der Waals surface area (Å²) in [6.07, 6.45) is 0.812. The molecule has 0 radical (unpaired) electrons. The fourth-order valence-corrected chi connectivity index (χ4v) is 3.49. The summed E-state index contributed by atoms with van der Waals surface area (Å²) in [6, 6.07) is 7.37. The number of carbonyl (C=O) groups excluding carboxylic acids is 2. The van der Waals surface area contributed by atoms with Crippen molar-refractivity contribution < 1.29 is 23.8 Å². The van der Waals surface area contributed by atoms with Gasteiger partial charge in [-0.15, -0.1) is 0 Å². The number of piperidine rings is 1. The van der Waals surface area contributed by atoms with Crippen molar-refractivity contribution in [3.05, 3.63) is 24.3 Å². The first-order valence-corrected chi connectivity index (χ1v) is 9.84. The lowest BCUT2D eigenvalue weighted by Crippen LogP contribution is -2.48. The molecule has 0 bridgehead atoms. The van der Waals surface area contributed by atoms with Crippen molar-refractivity contribution in [2.24, 2.45) is 5.92 Å². The molecule has 1 atom stereocenters. The van der Waals surface area contributed by atoms with Crippen molar-refractivity contribution >= 4 is 12.0 Å². The van der Waals surface area contributed by atoms with Crippen LogP contribution in [-0.2, 0) is 9.53 Å². The Labute approximate surface area is 166 Å². The van der Waals surface area contributed by atoms with Gasteiger partial charge in [-0.1, -0.05) is 12.1 Å². The molecule has 3 rings (SSSR count). The van der Waals surface area contributed by atoms with E-state index < -0.39 is 11.7 Å². The van der Waals surface area contributed by atoms with E-state index in [4.69, 9.17) is 14.2 Å². The van der Waals surface area contributed by atoms with E-state index in [2.05, 4.69) is 0 Å². The molecule has 1 unspecified atom stereocenters. The van der Waals surface area contributed by atoms with Crippen molar-refractivity contribution in [2.45, 2.75) is 45.3 Å². The molecule has 0 saturated carbocycles. The minimum absolute atomic E-state index is 0.0796. The van der Waals surface area contributed by atoms with Crippen LogP contribution in [0.5, 0.6) is 11.5 Å². The number of para-hydroxylation sites is 2. The molecule has 0 spiro atoms. The van der Waals surface area contributed by atoms with Gasteiger partial charge >= 0.3 is 6.09 Å². The lowest BCUT2D eigenvalue weighted by molar-refractivity contribution is -0.140. The van der Waals surface area contributed by atoms with Gasteiger partial charge in [0.25, 0.3) is 5.91 Å². The molecule has 7 heteroatoms. The second kappa shape index (κ2) is 8.29. The minimum atomic E-state index is -0.623. The van der Waals surface area contributed by atoms with E-state index in [0.29, 0.717) is 37.1 Å². The Morgan fingerprint density at radius 1 is 1.18 bits per heavy atom. The van der Waals surface area contributed by atoms with Gasteiger partial charge in [0.1, 0.15) is 12.2 Å². The van der Waals surface area contributed by atoms with E-state index in [0.717, 1.165) is 12.8 Å². The highest BCUT2D eigenvalue weighted by Gasteiger charge is 2.32. The summed E-state index contributed by atoms with van der Waals surface area (Å²) in [6.45, 7) is 7.77. The lowest BCUT2D eigenvalue weighted by Gasteiger charge is -2.35. The third-order valence-corrected chi connectivity index (χ3v) is 4.96. The van der Waals surface area contributed by atoms with Gasteiger partial charge in [-0.2, -0.15) is 0 Å². The minimum Gasteiger partial charge on any atom is -0.485 e. The number of benzene rings is 1. The van der Waals surface area contributed by atoms with Gasteiger partial charge in [0.2, 0.25) is 6.10 Å². The Morgan fingerprint density at radius 2 is 1.82 bits per heavy atom. The largest absolute Gasteiger partial charge is 0.485 e. The number of nitrogens with zero attached hydrogens (tertiary/aromatic N) is 2. The zero-order valence-electron chi connectivity index (χ0n) is 17.1. The van der Waals surface area contributed by atoms with E-state index in [1.165, 1.54) is 0 Å². The maximum absolute atomic E-state index is 12.7. The van der Waals surface area contributed by atoms with E-state index >= 15 is 0 Å². The molecule has 7 nitrogen and oxygen atoms in total. The number of likely N-dealkylation sites (tertiary alicyclic amines) is 1. The molecule has 0 aliphatic carbocycles. The Hall–Kier alpha value is -2.44. The van der Waals surface area contributed by atoms with Crippen LogP contribution < -0.4 is 9.47 Å². The average Bonchev–Trinajstić information content (AvgIpc) is 2.66. The number of hydrogen-bond donors (Lipinski definition) is 0. The zero-order chi connectivity index (χ0) is 20.3. The SMILES string of the molecule is CN(CC1CCN(C(=O)OC(C)(C)C)CC1)C(=O)C1COc2ccccc2O1. The molecule has 1 aromatic rings. The van der Waals surface area contributed by atoms with Crippen LogP contribution in [0.3, 0.4) is 0 Å². The number of likely N-dealkylation sites (N-methyl/N-ethyl adjacent to an activating group) is 1. The zero-order valence-corrected chi connectivity index (χ0v) is 17.1. The van der Waals surface area contributed by atoms with Crippen LogP contribution in [0.15, 0.2) is 24.3 Å². The molecular weight excluding hydrogens is 360 g/mol. The highest BCUT2D eigenvalue weighted by atomic mass is 16.6. The third kappa shape index (κ3) is 5.09. The highest BCUT2D eigenvalue weighted by Crippen LogP contribution is 2.31. The maximum Gasteiger partial charge on any atom is 0.410 e. The van der Waals surface area contributed by atoms with Gasteiger partial charge in [-0.25, -0.2) is 4.79 Å². The van der Waals surface area contributed by atoms with Crippen molar-refractivity contribution in [1.82, 2.24) is 9.80 Å². The molecule has 1 fully saturated rings. The van der Waals surface area contributed by atoms with E-state index in [9.17, 15) is 9.59 Å². The van der Waals surface area contributed by atoms with Crippen LogP contribution in [0.1, 0.15) is 33.6 Å². The molecule has 154 valence electrons. The van der Waals surface area contributed by atoms with Gasteiger partial charge < -0.3 is 24.0 Å². The van der Waals surface area contributed by atoms with Crippen molar-refractivity contribution in [1.29, 1.82) is 0 Å². The van der Waals surface area contributed by atoms with Gasteiger partial charge in [-0.05, 0) is 51.7 Å². The summed E-state index contributed by atoms with van der Waals surface area (Å²) in [5.41, 5.74) is -0.485. The summed E-state index contributed by atoms with van der Waals surface area (Å²) in [5, 5.41) is 0. The van der Waals surface area contributed by atoms with Crippen LogP contribution >= 0.6 is 0 Å². The molecule has 0 aromatic heterocycles. The van der Waals surface area contributed by atoms with Crippen molar-refractivity contribution in [3.63, 3.8) is 0 Å². The quantitative estimate of drug-likeness (QED) is 0.794. The molecule has 1 aromatic carbocycles. The second-order valence-corrected chi connectivity index (χ2v) is 8.49. The van der Waals surface area contributed by atoms with Crippen LogP contribution in [0, 0.1) is 5.92 Å². The first kappa shape index (κ1) is 20.3. The summed E-state index contributed by atoms with van der Waals surface area (Å²) in [4.78, 5) is 28.4. The smallest absolute Gasteiger partial charge is 0.410 e. The Kier molecular flexibility index (Phi) is 6.01. The van der Waals surface area contributed by atoms with Crippen LogP contribution in [0.4, 0.5) is 4.79 Å². The number of rotatable bonds is 3. The highest BCUT2D eigenvalue weighted by molar-refractivity contribution is 5.81. The van der Waals surface area contributed by atoms with E-state index in [-0.39, 0.29) is 18.6 Å². The number of carbonyl (C=O) groups is 2.